The number of aryl methyl sites for hydroxylation is 1. The number of hydrogen-bond acceptors (Lipinski definition) is 6. The van der Waals surface area contributed by atoms with E-state index < -0.39 is 10.0 Å². The number of rotatable bonds is 4. The fourth-order valence-electron chi connectivity index (χ4n) is 2.40. The first-order chi connectivity index (χ1) is 11.5. The lowest BCUT2D eigenvalue weighted by molar-refractivity contribution is 0.0730. The Hall–Kier alpha value is -1.81. The predicted molar refractivity (Wildman–Crippen MR) is 90.8 cm³/mol. The summed E-state index contributed by atoms with van der Waals surface area (Å²) >= 11 is 1.30. The molecule has 24 heavy (non-hydrogen) atoms. The van der Waals surface area contributed by atoms with E-state index in [2.05, 4.69) is 10.3 Å². The van der Waals surface area contributed by atoms with Gasteiger partial charge in [-0.05, 0) is 24.6 Å². The molecule has 0 spiro atoms. The zero-order chi connectivity index (χ0) is 17.2. The van der Waals surface area contributed by atoms with Gasteiger partial charge in [0.25, 0.3) is 5.91 Å². The maximum absolute atomic E-state index is 12.8. The highest BCUT2D eigenvalue weighted by atomic mass is 32.2. The number of amides is 1. The molecular weight excluding hydrogens is 350 g/mol. The van der Waals surface area contributed by atoms with Crippen molar-refractivity contribution in [2.45, 2.75) is 11.8 Å². The molecule has 1 saturated heterocycles. The quantitative estimate of drug-likeness (QED) is 0.889. The van der Waals surface area contributed by atoms with Crippen LogP contribution in [0.15, 0.2) is 34.7 Å². The van der Waals surface area contributed by atoms with E-state index in [0.29, 0.717) is 37.0 Å². The first-order valence-electron chi connectivity index (χ1n) is 7.38. The fourth-order valence-corrected chi connectivity index (χ4v) is 4.58. The third-order valence-corrected chi connectivity index (χ3v) is 6.42. The van der Waals surface area contributed by atoms with Crippen molar-refractivity contribution in [1.82, 2.24) is 9.29 Å². The molecule has 0 aliphatic carbocycles. The molecule has 1 aromatic heterocycles. The number of thiazole rings is 1. The molecule has 1 fully saturated rings. The number of sulfonamides is 1. The molecule has 128 valence electrons. The Morgan fingerprint density at radius 1 is 1.33 bits per heavy atom. The van der Waals surface area contributed by atoms with Gasteiger partial charge in [-0.3, -0.25) is 10.1 Å². The van der Waals surface area contributed by atoms with Crippen LogP contribution in [0.3, 0.4) is 0 Å². The average Bonchev–Trinajstić information content (AvgIpc) is 3.09. The summed E-state index contributed by atoms with van der Waals surface area (Å²) in [6.45, 7) is 3.11. The molecule has 3 rings (SSSR count). The van der Waals surface area contributed by atoms with Gasteiger partial charge >= 0.3 is 0 Å². The number of nitrogens with zero attached hydrogens (tertiary/aromatic N) is 2. The van der Waals surface area contributed by atoms with Crippen molar-refractivity contribution in [2.24, 2.45) is 0 Å². The maximum atomic E-state index is 12.8. The molecule has 1 N–H and O–H groups in total. The maximum Gasteiger partial charge on any atom is 0.257 e. The highest BCUT2D eigenvalue weighted by molar-refractivity contribution is 7.89. The minimum Gasteiger partial charge on any atom is -0.379 e. The minimum absolute atomic E-state index is 0.149. The number of aromatic nitrogens is 1. The van der Waals surface area contributed by atoms with E-state index in [1.165, 1.54) is 21.7 Å². The van der Waals surface area contributed by atoms with Crippen LogP contribution in [0.1, 0.15) is 15.9 Å². The molecule has 0 bridgehead atoms. The van der Waals surface area contributed by atoms with Crippen molar-refractivity contribution in [3.63, 3.8) is 0 Å². The van der Waals surface area contributed by atoms with Crippen LogP contribution in [-0.4, -0.2) is 49.9 Å². The Labute approximate surface area is 144 Å². The Bertz CT molecular complexity index is 828. The van der Waals surface area contributed by atoms with Gasteiger partial charge in [0.1, 0.15) is 0 Å². The van der Waals surface area contributed by atoms with E-state index in [-0.39, 0.29) is 16.4 Å². The van der Waals surface area contributed by atoms with Gasteiger partial charge in [0.15, 0.2) is 5.13 Å². The van der Waals surface area contributed by atoms with Gasteiger partial charge in [-0.1, -0.05) is 6.07 Å². The Balaban J connectivity index is 1.89. The molecular formula is C15H17N3O4S2. The van der Waals surface area contributed by atoms with Crippen molar-refractivity contribution < 1.29 is 17.9 Å². The van der Waals surface area contributed by atoms with Gasteiger partial charge in [0, 0.05) is 30.2 Å². The van der Waals surface area contributed by atoms with E-state index in [9.17, 15) is 13.2 Å². The summed E-state index contributed by atoms with van der Waals surface area (Å²) in [5.74, 6) is -0.386. The first-order valence-corrected chi connectivity index (χ1v) is 9.70. The van der Waals surface area contributed by atoms with Crippen LogP contribution in [0, 0.1) is 6.92 Å². The molecule has 1 aliphatic heterocycles. The van der Waals surface area contributed by atoms with Gasteiger partial charge in [0.2, 0.25) is 10.0 Å². The molecule has 0 unspecified atom stereocenters. The van der Waals surface area contributed by atoms with Crippen LogP contribution < -0.4 is 5.32 Å². The number of benzene rings is 1. The highest BCUT2D eigenvalue weighted by Crippen LogP contribution is 2.23. The Morgan fingerprint density at radius 2 is 2.08 bits per heavy atom. The molecule has 0 radical (unpaired) electrons. The first kappa shape index (κ1) is 17.0. The summed E-state index contributed by atoms with van der Waals surface area (Å²) in [6, 6.07) is 4.67. The van der Waals surface area contributed by atoms with E-state index in [1.54, 1.807) is 30.6 Å². The van der Waals surface area contributed by atoms with Crippen molar-refractivity contribution in [3.8, 4) is 0 Å². The molecule has 1 aromatic carbocycles. The summed E-state index contributed by atoms with van der Waals surface area (Å²) in [6.07, 6.45) is 1.59. The zero-order valence-electron chi connectivity index (χ0n) is 13.1. The zero-order valence-corrected chi connectivity index (χ0v) is 14.7. The van der Waals surface area contributed by atoms with Crippen molar-refractivity contribution in [1.29, 1.82) is 0 Å². The van der Waals surface area contributed by atoms with Gasteiger partial charge in [-0.25, -0.2) is 13.4 Å². The minimum atomic E-state index is -3.65. The smallest absolute Gasteiger partial charge is 0.257 e. The second-order valence-corrected chi connectivity index (χ2v) is 8.09. The molecule has 1 amide bonds. The van der Waals surface area contributed by atoms with E-state index >= 15 is 0 Å². The van der Waals surface area contributed by atoms with Crippen molar-refractivity contribution in [3.05, 3.63) is 40.9 Å². The van der Waals surface area contributed by atoms with Crippen LogP contribution in [-0.2, 0) is 14.8 Å². The number of ether oxygens (including phenoxy) is 1. The Morgan fingerprint density at radius 3 is 2.75 bits per heavy atom. The third kappa shape index (κ3) is 3.48. The predicted octanol–water partition coefficient (Wildman–Crippen LogP) is 1.72. The molecule has 0 atom stereocenters. The highest BCUT2D eigenvalue weighted by Gasteiger charge is 2.28. The lowest BCUT2D eigenvalue weighted by Gasteiger charge is -2.26. The van der Waals surface area contributed by atoms with Gasteiger partial charge in [-0.15, -0.1) is 11.3 Å². The summed E-state index contributed by atoms with van der Waals surface area (Å²) in [5.41, 5.74) is 0.884. The van der Waals surface area contributed by atoms with Crippen molar-refractivity contribution in [2.75, 3.05) is 31.6 Å². The van der Waals surface area contributed by atoms with Gasteiger partial charge in [0.05, 0.1) is 18.1 Å². The second kappa shape index (κ2) is 6.98. The number of hydrogen-bond donors (Lipinski definition) is 1. The molecule has 0 saturated carbocycles. The molecule has 9 heteroatoms. The Kier molecular flexibility index (Phi) is 4.95. The fraction of sp³-hybridized carbons (Fsp3) is 0.333. The SMILES string of the molecule is Cc1ccc(C(=O)Nc2nccs2)cc1S(=O)(=O)N1CCOCC1. The van der Waals surface area contributed by atoms with E-state index in [1.807, 2.05) is 0 Å². The number of nitrogens with one attached hydrogen (secondary N) is 1. The summed E-state index contributed by atoms with van der Waals surface area (Å²) in [5, 5.41) is 4.88. The standard InChI is InChI=1S/C15H17N3O4S2/c1-11-2-3-12(14(19)17-15-16-4-9-23-15)10-13(11)24(20,21)18-5-7-22-8-6-18/h2-4,9-10H,5-8H2,1H3,(H,16,17,19). The molecule has 1 aliphatic rings. The normalized spacial score (nSPS) is 16.0. The van der Waals surface area contributed by atoms with E-state index in [4.69, 9.17) is 4.74 Å². The van der Waals surface area contributed by atoms with Crippen LogP contribution in [0.2, 0.25) is 0 Å². The van der Waals surface area contributed by atoms with Crippen LogP contribution in [0.5, 0.6) is 0 Å². The van der Waals surface area contributed by atoms with Crippen molar-refractivity contribution >= 4 is 32.4 Å². The van der Waals surface area contributed by atoms with Gasteiger partial charge < -0.3 is 4.74 Å². The lowest BCUT2D eigenvalue weighted by Crippen LogP contribution is -2.40. The number of carbonyl (C=O) groups excluding carboxylic acids is 1. The van der Waals surface area contributed by atoms with Gasteiger partial charge in [-0.2, -0.15) is 4.31 Å². The summed E-state index contributed by atoms with van der Waals surface area (Å²) in [7, 11) is -3.65. The second-order valence-electron chi connectivity index (χ2n) is 5.29. The van der Waals surface area contributed by atoms with Crippen LogP contribution in [0.25, 0.3) is 0 Å². The summed E-state index contributed by atoms with van der Waals surface area (Å²) < 4.78 is 32.3. The number of carbonyl (C=O) groups is 1. The number of anilines is 1. The summed E-state index contributed by atoms with van der Waals surface area (Å²) in [4.78, 5) is 16.4. The van der Waals surface area contributed by atoms with Crippen LogP contribution in [0.4, 0.5) is 5.13 Å². The van der Waals surface area contributed by atoms with E-state index in [0.717, 1.165) is 0 Å². The number of morpholine rings is 1. The van der Waals surface area contributed by atoms with Crippen LogP contribution >= 0.6 is 11.3 Å². The lowest BCUT2D eigenvalue weighted by atomic mass is 10.1. The monoisotopic (exact) mass is 367 g/mol. The molecule has 2 heterocycles. The third-order valence-electron chi connectivity index (χ3n) is 3.69. The largest absolute Gasteiger partial charge is 0.379 e. The topological polar surface area (TPSA) is 88.6 Å². The average molecular weight is 367 g/mol. The molecule has 7 nitrogen and oxygen atoms in total. The molecule has 2 aromatic rings.